The number of benzene rings is 3. The Morgan fingerprint density at radius 2 is 1.46 bits per heavy atom. The maximum Gasteiger partial charge on any atom is 0.418 e. The summed E-state index contributed by atoms with van der Waals surface area (Å²) < 4.78 is 39.7. The van der Waals surface area contributed by atoms with Crippen LogP contribution in [0.4, 0.5) is 24.7 Å². The smallest absolute Gasteiger partial charge is 0.352 e. The van der Waals surface area contributed by atoms with E-state index in [1.54, 1.807) is 0 Å². The molecule has 4 aromatic rings. The first-order valence-electron chi connectivity index (χ1n) is 12.1. The number of anilines is 2. The van der Waals surface area contributed by atoms with Crippen molar-refractivity contribution in [3.05, 3.63) is 95.7 Å². The lowest BCUT2D eigenvalue weighted by atomic mass is 10.0. The average Bonchev–Trinajstić information content (AvgIpc) is 2.90. The van der Waals surface area contributed by atoms with E-state index >= 15 is 0 Å². The lowest BCUT2D eigenvalue weighted by Crippen LogP contribution is -2.49. The number of fused-ring (bicyclic) bond motifs is 1. The van der Waals surface area contributed by atoms with E-state index in [9.17, 15) is 18.0 Å². The van der Waals surface area contributed by atoms with Crippen LogP contribution < -0.4 is 10.2 Å². The Balaban J connectivity index is 1.24. The second kappa shape index (κ2) is 10.6. The molecular weight excluding hydrogens is 479 g/mol. The van der Waals surface area contributed by atoms with Crippen molar-refractivity contribution < 1.29 is 18.0 Å². The molecule has 0 bridgehead atoms. The number of nitrogens with one attached hydrogen (secondary N) is 1. The molecule has 1 fully saturated rings. The summed E-state index contributed by atoms with van der Waals surface area (Å²) in [5.41, 5.74) is 1.00. The molecule has 0 unspecified atom stereocenters. The largest absolute Gasteiger partial charge is 0.418 e. The Labute approximate surface area is 212 Å². The van der Waals surface area contributed by atoms with Crippen LogP contribution in [0.15, 0.2) is 78.9 Å². The van der Waals surface area contributed by atoms with Crippen molar-refractivity contribution in [2.24, 2.45) is 0 Å². The third-order valence-corrected chi connectivity index (χ3v) is 6.50. The molecule has 0 atom stereocenters. The molecule has 0 spiro atoms. The highest BCUT2D eigenvalue weighted by atomic mass is 19.4. The highest BCUT2D eigenvalue weighted by Gasteiger charge is 2.33. The quantitative estimate of drug-likeness (QED) is 0.400. The highest BCUT2D eigenvalue weighted by Crippen LogP contribution is 2.34. The predicted octanol–water partition coefficient (Wildman–Crippen LogP) is 5.00. The van der Waals surface area contributed by atoms with Crippen molar-refractivity contribution in [1.29, 1.82) is 0 Å². The van der Waals surface area contributed by atoms with E-state index in [2.05, 4.69) is 38.6 Å². The molecule has 37 heavy (non-hydrogen) atoms. The molecule has 0 aliphatic carbocycles. The maximum absolute atomic E-state index is 13.2. The van der Waals surface area contributed by atoms with Gasteiger partial charge in [0.25, 0.3) is 0 Å². The predicted molar refractivity (Wildman–Crippen MR) is 138 cm³/mol. The molecule has 1 aliphatic rings. The summed E-state index contributed by atoms with van der Waals surface area (Å²) >= 11 is 0. The fourth-order valence-corrected chi connectivity index (χ4v) is 4.65. The average molecular weight is 506 g/mol. The summed E-state index contributed by atoms with van der Waals surface area (Å²) in [4.78, 5) is 16.6. The van der Waals surface area contributed by atoms with E-state index in [0.29, 0.717) is 32.6 Å². The summed E-state index contributed by atoms with van der Waals surface area (Å²) in [5.74, 6) is 0.330. The number of nitrogens with zero attached hydrogens (tertiary/aromatic N) is 4. The number of carbonyl (C=O) groups excluding carboxylic acids is 1. The molecule has 6 nitrogen and oxygen atoms in total. The Morgan fingerprint density at radius 3 is 2.19 bits per heavy atom. The van der Waals surface area contributed by atoms with Gasteiger partial charge in [-0.3, -0.25) is 9.69 Å². The molecule has 2 heterocycles. The Kier molecular flexibility index (Phi) is 7.05. The SMILES string of the molecule is O=C(CN1CCN(c2nnc(Cc3ccccc3)c3ccccc23)CC1)Nc1ccccc1C(F)(F)F. The molecule has 1 saturated heterocycles. The molecule has 0 radical (unpaired) electrons. The summed E-state index contributed by atoms with van der Waals surface area (Å²) in [6.07, 6.45) is -3.84. The van der Waals surface area contributed by atoms with Crippen LogP contribution in [-0.4, -0.2) is 53.7 Å². The van der Waals surface area contributed by atoms with Crippen molar-refractivity contribution in [2.75, 3.05) is 42.9 Å². The number of aromatic nitrogens is 2. The minimum atomic E-state index is -4.53. The number of hydrogen-bond donors (Lipinski definition) is 1. The lowest BCUT2D eigenvalue weighted by Gasteiger charge is -2.35. The van der Waals surface area contributed by atoms with Crippen LogP contribution in [0.3, 0.4) is 0 Å². The van der Waals surface area contributed by atoms with E-state index in [0.717, 1.165) is 28.4 Å². The van der Waals surface area contributed by atoms with Gasteiger partial charge in [0, 0.05) is 43.4 Å². The second-order valence-corrected chi connectivity index (χ2v) is 9.03. The van der Waals surface area contributed by atoms with Crippen LogP contribution in [-0.2, 0) is 17.4 Å². The lowest BCUT2D eigenvalue weighted by molar-refractivity contribution is -0.137. The first-order chi connectivity index (χ1) is 17.9. The number of amides is 1. The van der Waals surface area contributed by atoms with Crippen molar-refractivity contribution in [3.63, 3.8) is 0 Å². The number of para-hydroxylation sites is 1. The minimum absolute atomic E-state index is 0.0163. The van der Waals surface area contributed by atoms with Crippen LogP contribution in [0, 0.1) is 0 Å². The fourth-order valence-electron chi connectivity index (χ4n) is 4.65. The van der Waals surface area contributed by atoms with Gasteiger partial charge in [0.05, 0.1) is 23.5 Å². The molecule has 1 aliphatic heterocycles. The number of alkyl halides is 3. The number of rotatable bonds is 6. The number of halogens is 3. The summed E-state index contributed by atoms with van der Waals surface area (Å²) in [6.45, 7) is 2.43. The number of carbonyl (C=O) groups is 1. The van der Waals surface area contributed by atoms with Gasteiger partial charge in [-0.15, -0.1) is 5.10 Å². The monoisotopic (exact) mass is 505 g/mol. The normalized spacial score (nSPS) is 14.6. The van der Waals surface area contributed by atoms with Gasteiger partial charge < -0.3 is 10.2 Å². The van der Waals surface area contributed by atoms with Crippen LogP contribution in [0.1, 0.15) is 16.8 Å². The summed E-state index contributed by atoms with van der Waals surface area (Å²) in [6, 6.07) is 23.2. The van der Waals surface area contributed by atoms with Crippen LogP contribution in [0.25, 0.3) is 10.8 Å². The fraction of sp³-hybridized carbons (Fsp3) is 0.250. The molecule has 1 aromatic heterocycles. The standard InChI is InChI=1S/C28H26F3N5O/c29-28(30,31)23-12-6-7-13-24(23)32-26(37)19-35-14-16-36(17-15-35)27-22-11-5-4-10-21(22)25(33-34-27)18-20-8-2-1-3-9-20/h1-13H,14-19H2,(H,32,37). The van der Waals surface area contributed by atoms with E-state index < -0.39 is 17.6 Å². The molecule has 190 valence electrons. The van der Waals surface area contributed by atoms with Crippen LogP contribution in [0.2, 0.25) is 0 Å². The third-order valence-electron chi connectivity index (χ3n) is 6.50. The molecule has 0 saturated carbocycles. The Hall–Kier alpha value is -3.98. The van der Waals surface area contributed by atoms with Crippen LogP contribution >= 0.6 is 0 Å². The third kappa shape index (κ3) is 5.72. The number of hydrogen-bond acceptors (Lipinski definition) is 5. The van der Waals surface area contributed by atoms with Crippen molar-refractivity contribution >= 4 is 28.2 Å². The highest BCUT2D eigenvalue weighted by molar-refractivity contribution is 5.94. The zero-order valence-electron chi connectivity index (χ0n) is 20.1. The van der Waals surface area contributed by atoms with E-state index in [-0.39, 0.29) is 12.2 Å². The zero-order chi connectivity index (χ0) is 25.8. The first-order valence-corrected chi connectivity index (χ1v) is 12.1. The van der Waals surface area contributed by atoms with Gasteiger partial charge in [0.2, 0.25) is 5.91 Å². The van der Waals surface area contributed by atoms with Crippen LogP contribution in [0.5, 0.6) is 0 Å². The van der Waals surface area contributed by atoms with Gasteiger partial charge in [-0.2, -0.15) is 18.3 Å². The van der Waals surface area contributed by atoms with Gasteiger partial charge >= 0.3 is 6.18 Å². The van der Waals surface area contributed by atoms with E-state index in [1.165, 1.54) is 23.8 Å². The van der Waals surface area contributed by atoms with E-state index in [1.807, 2.05) is 41.3 Å². The van der Waals surface area contributed by atoms with Gasteiger partial charge in [-0.05, 0) is 17.7 Å². The van der Waals surface area contributed by atoms with Crippen molar-refractivity contribution in [1.82, 2.24) is 15.1 Å². The molecule has 1 N–H and O–H groups in total. The van der Waals surface area contributed by atoms with E-state index in [4.69, 9.17) is 0 Å². The first kappa shape index (κ1) is 24.7. The number of piperazine rings is 1. The molecule has 9 heteroatoms. The van der Waals surface area contributed by atoms with Gasteiger partial charge in [0.15, 0.2) is 5.82 Å². The Bertz CT molecular complexity index is 1390. The topological polar surface area (TPSA) is 61.4 Å². The van der Waals surface area contributed by atoms with Crippen molar-refractivity contribution in [3.8, 4) is 0 Å². The zero-order valence-corrected chi connectivity index (χ0v) is 20.1. The molecule has 3 aromatic carbocycles. The molecule has 5 rings (SSSR count). The van der Waals surface area contributed by atoms with Crippen molar-refractivity contribution in [2.45, 2.75) is 12.6 Å². The molecule has 1 amide bonds. The van der Waals surface area contributed by atoms with Gasteiger partial charge in [-0.1, -0.05) is 66.7 Å². The van der Waals surface area contributed by atoms with Gasteiger partial charge in [0.1, 0.15) is 0 Å². The van der Waals surface area contributed by atoms with Gasteiger partial charge in [-0.25, -0.2) is 0 Å². The Morgan fingerprint density at radius 1 is 0.811 bits per heavy atom. The summed E-state index contributed by atoms with van der Waals surface area (Å²) in [7, 11) is 0. The summed E-state index contributed by atoms with van der Waals surface area (Å²) in [5, 5.41) is 13.6. The second-order valence-electron chi connectivity index (χ2n) is 9.03. The molecular formula is C28H26F3N5O. The minimum Gasteiger partial charge on any atom is -0.352 e. The maximum atomic E-state index is 13.2.